The van der Waals surface area contributed by atoms with Crippen LogP contribution in [0, 0.1) is 17.7 Å². The predicted molar refractivity (Wildman–Crippen MR) is 163 cm³/mol. The van der Waals surface area contributed by atoms with Gasteiger partial charge in [0.2, 0.25) is 10.0 Å². The zero-order chi connectivity index (χ0) is 30.5. The number of carbonyl (C=O) groups is 1. The highest BCUT2D eigenvalue weighted by Gasteiger charge is 2.46. The van der Waals surface area contributed by atoms with Crippen molar-refractivity contribution in [3.8, 4) is 11.3 Å². The van der Waals surface area contributed by atoms with Crippen LogP contribution < -0.4 is 9.62 Å². The topological polar surface area (TPSA) is 102 Å². The Kier molecular flexibility index (Phi) is 8.49. The van der Waals surface area contributed by atoms with E-state index >= 15 is 4.39 Å². The van der Waals surface area contributed by atoms with Gasteiger partial charge < -0.3 is 14.2 Å². The van der Waals surface area contributed by atoms with Crippen LogP contribution in [-0.2, 0) is 21.4 Å². The molecule has 1 N–H and O–H groups in total. The molecule has 2 aromatic carbocycles. The maximum absolute atomic E-state index is 15.3. The molecule has 0 unspecified atom stereocenters. The lowest BCUT2D eigenvalue weighted by Gasteiger charge is -2.33. The van der Waals surface area contributed by atoms with E-state index in [0.717, 1.165) is 43.1 Å². The molecule has 0 spiro atoms. The average molecular weight is 651 g/mol. The second kappa shape index (κ2) is 12.0. The molecule has 3 aromatic rings. The summed E-state index contributed by atoms with van der Waals surface area (Å²) in [4.78, 5) is 14.6. The van der Waals surface area contributed by atoms with E-state index < -0.39 is 21.7 Å². The number of piperidine rings is 1. The Labute approximate surface area is 260 Å². The quantitative estimate of drug-likeness (QED) is 0.240. The first-order valence-electron chi connectivity index (χ1n) is 14.7. The molecule has 1 saturated heterocycles. The number of anilines is 1. The largest absolute Gasteiger partial charge is 0.373 e. The van der Waals surface area contributed by atoms with Gasteiger partial charge in [-0.1, -0.05) is 48.3 Å². The fourth-order valence-corrected chi connectivity index (χ4v) is 8.03. The number of hydrogen-bond donors (Lipinski definition) is 1. The van der Waals surface area contributed by atoms with Gasteiger partial charge in [-0.15, -0.1) is 0 Å². The third kappa shape index (κ3) is 6.43. The predicted octanol–water partition coefficient (Wildman–Crippen LogP) is 6.95. The first kappa shape index (κ1) is 30.4. The molecule has 2 saturated carbocycles. The van der Waals surface area contributed by atoms with Crippen molar-refractivity contribution >= 4 is 44.8 Å². The normalized spacial score (nSPS) is 21.6. The third-order valence-electron chi connectivity index (χ3n) is 8.62. The van der Waals surface area contributed by atoms with Crippen LogP contribution in [0.15, 0.2) is 40.9 Å². The molecule has 2 bridgehead atoms. The van der Waals surface area contributed by atoms with Crippen molar-refractivity contribution in [3.05, 3.63) is 69.1 Å². The summed E-state index contributed by atoms with van der Waals surface area (Å²) in [7, 11) is -3.79. The lowest BCUT2D eigenvalue weighted by atomic mass is 10.0. The third-order valence-corrected chi connectivity index (χ3v) is 10.5. The molecule has 3 aliphatic rings. The van der Waals surface area contributed by atoms with Crippen molar-refractivity contribution in [3.63, 3.8) is 0 Å². The van der Waals surface area contributed by atoms with Crippen molar-refractivity contribution < 1.29 is 26.9 Å². The molecule has 1 amide bonds. The zero-order valence-corrected chi connectivity index (χ0v) is 26.3. The lowest BCUT2D eigenvalue weighted by molar-refractivity contribution is 0.0122. The highest BCUT2D eigenvalue weighted by Crippen LogP contribution is 2.47. The Morgan fingerprint density at radius 3 is 2.56 bits per heavy atom. The van der Waals surface area contributed by atoms with E-state index in [1.807, 2.05) is 23.5 Å². The molecule has 8 nitrogen and oxygen atoms in total. The van der Waals surface area contributed by atoms with E-state index in [9.17, 15) is 13.2 Å². The Balaban J connectivity index is 1.11. The maximum Gasteiger partial charge on any atom is 0.264 e. The van der Waals surface area contributed by atoms with Crippen LogP contribution in [0.2, 0.25) is 10.0 Å². The number of benzene rings is 2. The van der Waals surface area contributed by atoms with Crippen LogP contribution in [0.5, 0.6) is 0 Å². The van der Waals surface area contributed by atoms with Gasteiger partial charge in [0.25, 0.3) is 5.91 Å². The van der Waals surface area contributed by atoms with Crippen molar-refractivity contribution in [2.75, 3.05) is 17.2 Å². The molecule has 2 aliphatic carbocycles. The number of nitrogens with zero attached hydrogens (tertiary/aromatic N) is 2. The van der Waals surface area contributed by atoms with Gasteiger partial charge in [0.1, 0.15) is 17.3 Å². The van der Waals surface area contributed by atoms with E-state index in [4.69, 9.17) is 32.5 Å². The molecule has 230 valence electrons. The summed E-state index contributed by atoms with van der Waals surface area (Å²) < 4.78 is 54.0. The standard InChI is InChI=1S/C31H34Cl2FN3O5S/c1-17(2)10-11-43(39,40)36-31(38)19-8-9-26(25(34)13-19)37-15-20-12-21(37)14-27(20)41-16-22-29(35-42-30(22)18-6-7-18)28-23(32)4-3-5-24(28)33/h3-5,8-9,13,17-18,20-21,27H,6-7,10-12,14-16H2,1-2H3,(H,36,38)/t20-,21-,27+/m0/s1. The van der Waals surface area contributed by atoms with Crippen LogP contribution in [0.1, 0.15) is 73.6 Å². The summed E-state index contributed by atoms with van der Waals surface area (Å²) in [6.07, 6.45) is 4.09. The maximum atomic E-state index is 15.3. The number of carbonyl (C=O) groups excluding carboxylic acids is 1. The van der Waals surface area contributed by atoms with E-state index in [1.165, 1.54) is 6.07 Å². The number of aromatic nitrogens is 1. The summed E-state index contributed by atoms with van der Waals surface area (Å²) in [6.45, 7) is 4.74. The minimum Gasteiger partial charge on any atom is -0.373 e. The van der Waals surface area contributed by atoms with Crippen LogP contribution in [-0.4, -0.2) is 43.9 Å². The van der Waals surface area contributed by atoms with E-state index in [1.54, 1.807) is 24.3 Å². The van der Waals surface area contributed by atoms with Crippen LogP contribution >= 0.6 is 23.2 Å². The summed E-state index contributed by atoms with van der Waals surface area (Å²) in [5.74, 6) is -0.0171. The zero-order valence-electron chi connectivity index (χ0n) is 24.0. The van der Waals surface area contributed by atoms with Gasteiger partial charge in [0.05, 0.1) is 34.2 Å². The van der Waals surface area contributed by atoms with E-state index in [0.29, 0.717) is 52.5 Å². The van der Waals surface area contributed by atoms with Gasteiger partial charge in [-0.25, -0.2) is 17.5 Å². The minimum absolute atomic E-state index is 0.0121. The monoisotopic (exact) mass is 649 g/mol. The van der Waals surface area contributed by atoms with Crippen molar-refractivity contribution in [1.29, 1.82) is 0 Å². The fraction of sp³-hybridized carbons (Fsp3) is 0.484. The molecule has 43 heavy (non-hydrogen) atoms. The molecule has 6 rings (SSSR count). The number of halogens is 3. The molecule has 1 aliphatic heterocycles. The molecule has 12 heteroatoms. The Hall–Kier alpha value is -2.66. The van der Waals surface area contributed by atoms with Gasteiger partial charge in [-0.2, -0.15) is 0 Å². The van der Waals surface area contributed by atoms with Gasteiger partial charge >= 0.3 is 0 Å². The number of sulfonamides is 1. The number of nitrogens with one attached hydrogen (secondary N) is 1. The highest BCUT2D eigenvalue weighted by molar-refractivity contribution is 7.90. The van der Waals surface area contributed by atoms with Gasteiger partial charge in [0, 0.05) is 41.1 Å². The van der Waals surface area contributed by atoms with Crippen LogP contribution in [0.25, 0.3) is 11.3 Å². The molecule has 3 fully saturated rings. The first-order valence-corrected chi connectivity index (χ1v) is 17.1. The fourth-order valence-electron chi connectivity index (χ4n) is 6.17. The van der Waals surface area contributed by atoms with E-state index in [2.05, 4.69) is 5.16 Å². The van der Waals surface area contributed by atoms with Crippen molar-refractivity contribution in [2.24, 2.45) is 11.8 Å². The SMILES string of the molecule is CC(C)CCS(=O)(=O)NC(=O)c1ccc(N2C[C@@H]3C[C@H]2C[C@H]3OCc2c(-c3c(Cl)cccc3Cl)noc2C2CC2)c(F)c1. The van der Waals surface area contributed by atoms with Crippen LogP contribution in [0.3, 0.4) is 0 Å². The molecule has 3 atom stereocenters. The minimum atomic E-state index is -3.79. The number of hydrogen-bond acceptors (Lipinski definition) is 7. The molecule has 2 heterocycles. The number of ether oxygens (including phenoxy) is 1. The van der Waals surface area contributed by atoms with E-state index in [-0.39, 0.29) is 35.3 Å². The second-order valence-electron chi connectivity index (χ2n) is 12.2. The molecule has 0 radical (unpaired) electrons. The smallest absolute Gasteiger partial charge is 0.264 e. The summed E-state index contributed by atoms with van der Waals surface area (Å²) in [5, 5.41) is 5.34. The van der Waals surface area contributed by atoms with Gasteiger partial charge in [0.15, 0.2) is 0 Å². The lowest BCUT2D eigenvalue weighted by Crippen LogP contribution is -2.39. The summed E-state index contributed by atoms with van der Waals surface area (Å²) >= 11 is 13.0. The number of rotatable bonds is 11. The first-order chi connectivity index (χ1) is 20.5. The Morgan fingerprint density at radius 1 is 1.19 bits per heavy atom. The molecular weight excluding hydrogens is 616 g/mol. The Morgan fingerprint density at radius 2 is 1.93 bits per heavy atom. The molecular formula is C31H34Cl2FN3O5S. The van der Waals surface area contributed by atoms with Crippen molar-refractivity contribution in [1.82, 2.24) is 9.88 Å². The summed E-state index contributed by atoms with van der Waals surface area (Å²) in [6, 6.07) is 9.56. The van der Waals surface area contributed by atoms with Gasteiger partial charge in [-0.3, -0.25) is 4.79 Å². The second-order valence-corrected chi connectivity index (χ2v) is 14.9. The average Bonchev–Trinajstić information content (AvgIpc) is 3.40. The highest BCUT2D eigenvalue weighted by atomic mass is 35.5. The van der Waals surface area contributed by atoms with Gasteiger partial charge in [-0.05, 0) is 68.4 Å². The number of fused-ring (bicyclic) bond motifs is 2. The summed E-state index contributed by atoms with van der Waals surface area (Å²) in [5.41, 5.74) is 2.50. The van der Waals surface area contributed by atoms with Crippen molar-refractivity contribution in [2.45, 2.75) is 70.6 Å². The molecule has 1 aromatic heterocycles. The number of amides is 1. The Bertz CT molecular complexity index is 1620. The van der Waals surface area contributed by atoms with Crippen LogP contribution in [0.4, 0.5) is 10.1 Å².